The van der Waals surface area contributed by atoms with E-state index in [1.807, 2.05) is 0 Å². The molecular weight excluding hydrogens is 262 g/mol. The molecule has 1 rings (SSSR count). The number of hydrogen-bond donors (Lipinski definition) is 0. The molecule has 0 heterocycles. The average molecular weight is 284 g/mol. The first-order valence-corrected chi connectivity index (χ1v) is 6.76. The Labute approximate surface area is 108 Å². The molecule has 16 heavy (non-hydrogen) atoms. The molecule has 0 radical (unpaired) electrons. The summed E-state index contributed by atoms with van der Waals surface area (Å²) in [6.07, 6.45) is 0. The Morgan fingerprint density at radius 2 is 1.50 bits per heavy atom. The van der Waals surface area contributed by atoms with Crippen molar-refractivity contribution in [2.24, 2.45) is 5.92 Å². The van der Waals surface area contributed by atoms with Crippen LogP contribution in [-0.4, -0.2) is 18.9 Å². The summed E-state index contributed by atoms with van der Waals surface area (Å²) in [5.74, 6) is 1.21. The van der Waals surface area contributed by atoms with E-state index < -0.39 is 0 Å². The van der Waals surface area contributed by atoms with Crippen LogP contribution in [0.4, 0.5) is 5.69 Å². The van der Waals surface area contributed by atoms with Gasteiger partial charge in [-0.3, -0.25) is 0 Å². The lowest BCUT2D eigenvalue weighted by Crippen LogP contribution is -2.16. The number of hydrogen-bond acceptors (Lipinski definition) is 1. The molecule has 0 saturated carbocycles. The van der Waals surface area contributed by atoms with Gasteiger partial charge in [0.15, 0.2) is 0 Å². The van der Waals surface area contributed by atoms with Gasteiger partial charge in [-0.05, 0) is 29.5 Å². The van der Waals surface area contributed by atoms with E-state index in [0.29, 0.717) is 16.7 Å². The predicted molar refractivity (Wildman–Crippen MR) is 76.7 cm³/mol. The Kier molecular flexibility index (Phi) is 4.85. The number of alkyl halides is 1. The topological polar surface area (TPSA) is 3.24 Å². The van der Waals surface area contributed by atoms with Crippen molar-refractivity contribution in [1.29, 1.82) is 0 Å². The molecule has 0 aliphatic heterocycles. The lowest BCUT2D eigenvalue weighted by atomic mass is 9.92. The van der Waals surface area contributed by atoms with Crippen molar-refractivity contribution in [2.45, 2.75) is 31.5 Å². The molecule has 1 aromatic rings. The molecule has 0 aliphatic carbocycles. The van der Waals surface area contributed by atoms with Gasteiger partial charge in [0, 0.05) is 24.6 Å². The van der Waals surface area contributed by atoms with Crippen molar-refractivity contribution in [3.63, 3.8) is 0 Å². The molecule has 1 aromatic carbocycles. The summed E-state index contributed by atoms with van der Waals surface area (Å²) in [5, 5.41) is 0. The van der Waals surface area contributed by atoms with Crippen LogP contribution in [0.1, 0.15) is 32.3 Å². The monoisotopic (exact) mass is 283 g/mol. The molecule has 0 bridgehead atoms. The average Bonchev–Trinajstić information content (AvgIpc) is 2.27. The zero-order chi connectivity index (χ0) is 12.3. The number of rotatable bonds is 4. The minimum atomic E-state index is 0.540. The molecule has 2 heteroatoms. The highest BCUT2D eigenvalue weighted by atomic mass is 79.9. The van der Waals surface area contributed by atoms with Crippen molar-refractivity contribution in [3.8, 4) is 0 Å². The third-order valence-electron chi connectivity index (χ3n) is 3.05. The van der Waals surface area contributed by atoms with E-state index in [1.54, 1.807) is 0 Å². The van der Waals surface area contributed by atoms with Gasteiger partial charge in [0.05, 0.1) is 0 Å². The molecule has 0 N–H and O–H groups in total. The summed E-state index contributed by atoms with van der Waals surface area (Å²) < 4.78 is 0. The first-order valence-electron chi connectivity index (χ1n) is 5.85. The first kappa shape index (κ1) is 13.6. The third-order valence-corrected chi connectivity index (χ3v) is 4.90. The van der Waals surface area contributed by atoms with Gasteiger partial charge in [-0.1, -0.05) is 48.8 Å². The lowest BCUT2D eigenvalue weighted by Gasteiger charge is -2.23. The van der Waals surface area contributed by atoms with E-state index in [1.165, 1.54) is 11.3 Å². The molecule has 2 atom stereocenters. The minimum absolute atomic E-state index is 0.540. The number of anilines is 1. The van der Waals surface area contributed by atoms with E-state index in [0.717, 1.165) is 0 Å². The predicted octanol–water partition coefficient (Wildman–Crippen LogP) is 4.28. The van der Waals surface area contributed by atoms with E-state index in [2.05, 4.69) is 80.0 Å². The zero-order valence-electron chi connectivity index (χ0n) is 10.9. The van der Waals surface area contributed by atoms with Crippen molar-refractivity contribution < 1.29 is 0 Å². The van der Waals surface area contributed by atoms with Crippen LogP contribution >= 0.6 is 15.9 Å². The van der Waals surface area contributed by atoms with Crippen LogP contribution < -0.4 is 4.90 Å². The van der Waals surface area contributed by atoms with Gasteiger partial charge in [0.25, 0.3) is 0 Å². The summed E-state index contributed by atoms with van der Waals surface area (Å²) in [6.45, 7) is 6.79. The van der Waals surface area contributed by atoms with Crippen molar-refractivity contribution in [3.05, 3.63) is 29.8 Å². The second-order valence-corrected chi connectivity index (χ2v) is 6.02. The van der Waals surface area contributed by atoms with Crippen molar-refractivity contribution in [2.75, 3.05) is 19.0 Å². The van der Waals surface area contributed by atoms with E-state index >= 15 is 0 Å². The van der Waals surface area contributed by atoms with Crippen LogP contribution in [0.3, 0.4) is 0 Å². The summed E-state index contributed by atoms with van der Waals surface area (Å²) in [7, 11) is 4.14. The van der Waals surface area contributed by atoms with E-state index in [9.17, 15) is 0 Å². The van der Waals surface area contributed by atoms with Gasteiger partial charge < -0.3 is 4.90 Å². The molecule has 0 fully saturated rings. The largest absolute Gasteiger partial charge is 0.378 e. The molecule has 0 aromatic heterocycles. The van der Waals surface area contributed by atoms with Gasteiger partial charge in [-0.2, -0.15) is 0 Å². The summed E-state index contributed by atoms with van der Waals surface area (Å²) in [5.41, 5.74) is 2.66. The summed E-state index contributed by atoms with van der Waals surface area (Å²) in [4.78, 5) is 2.67. The van der Waals surface area contributed by atoms with Crippen LogP contribution in [0.2, 0.25) is 0 Å². The smallest absolute Gasteiger partial charge is 0.0361 e. The SMILES string of the molecule is CC(C)C(Br)C(C)c1ccc(N(C)C)cc1. The fourth-order valence-corrected chi connectivity index (χ4v) is 2.14. The maximum atomic E-state index is 3.78. The second-order valence-electron chi connectivity index (χ2n) is 4.96. The van der Waals surface area contributed by atoms with Gasteiger partial charge >= 0.3 is 0 Å². The van der Waals surface area contributed by atoms with E-state index in [-0.39, 0.29) is 0 Å². The highest BCUT2D eigenvalue weighted by Gasteiger charge is 2.18. The molecule has 0 amide bonds. The van der Waals surface area contributed by atoms with Crippen LogP contribution in [0.5, 0.6) is 0 Å². The van der Waals surface area contributed by atoms with Gasteiger partial charge in [0.2, 0.25) is 0 Å². The maximum absolute atomic E-state index is 3.78. The van der Waals surface area contributed by atoms with Crippen molar-refractivity contribution in [1.82, 2.24) is 0 Å². The van der Waals surface area contributed by atoms with Crippen molar-refractivity contribution >= 4 is 21.6 Å². The molecule has 1 nitrogen and oxygen atoms in total. The third kappa shape index (κ3) is 3.24. The number of halogens is 1. The van der Waals surface area contributed by atoms with Gasteiger partial charge in [-0.25, -0.2) is 0 Å². The highest BCUT2D eigenvalue weighted by Crippen LogP contribution is 2.30. The van der Waals surface area contributed by atoms with Crippen LogP contribution in [0, 0.1) is 5.92 Å². The van der Waals surface area contributed by atoms with E-state index in [4.69, 9.17) is 0 Å². The molecule has 90 valence electrons. The number of benzene rings is 1. The second kappa shape index (κ2) is 5.72. The lowest BCUT2D eigenvalue weighted by molar-refractivity contribution is 0.550. The maximum Gasteiger partial charge on any atom is 0.0361 e. The van der Waals surface area contributed by atoms with Gasteiger partial charge in [-0.15, -0.1) is 0 Å². The molecule has 2 unspecified atom stereocenters. The van der Waals surface area contributed by atoms with Crippen LogP contribution in [-0.2, 0) is 0 Å². The highest BCUT2D eigenvalue weighted by molar-refractivity contribution is 9.09. The fraction of sp³-hybridized carbons (Fsp3) is 0.571. The first-order chi connectivity index (χ1) is 7.43. The van der Waals surface area contributed by atoms with Crippen LogP contribution in [0.25, 0.3) is 0 Å². The fourth-order valence-electron chi connectivity index (χ4n) is 1.84. The summed E-state index contributed by atoms with van der Waals surface area (Å²) in [6, 6.07) is 8.84. The minimum Gasteiger partial charge on any atom is -0.378 e. The Hall–Kier alpha value is -0.500. The standard InChI is InChI=1S/C14H22BrN/c1-10(2)14(15)11(3)12-6-8-13(9-7-12)16(4)5/h6-11,14H,1-5H3. The quantitative estimate of drug-likeness (QED) is 0.746. The molecule has 0 saturated heterocycles. The van der Waals surface area contributed by atoms with Gasteiger partial charge in [0.1, 0.15) is 0 Å². The summed E-state index contributed by atoms with van der Waals surface area (Å²) >= 11 is 3.78. The Morgan fingerprint density at radius 1 is 1.00 bits per heavy atom. The molecule has 0 spiro atoms. The van der Waals surface area contributed by atoms with Crippen LogP contribution in [0.15, 0.2) is 24.3 Å². The zero-order valence-corrected chi connectivity index (χ0v) is 12.5. The normalized spacial score (nSPS) is 14.9. The Balaban J connectivity index is 2.81. The Morgan fingerprint density at radius 3 is 1.88 bits per heavy atom. The molecule has 0 aliphatic rings. The number of nitrogens with zero attached hydrogens (tertiary/aromatic N) is 1. The molecular formula is C14H22BrN. The Bertz CT molecular complexity index is 316.